The zero-order chi connectivity index (χ0) is 15.3. The predicted octanol–water partition coefficient (Wildman–Crippen LogP) is 1.02. The third kappa shape index (κ3) is 21.6. The van der Waals surface area contributed by atoms with Crippen molar-refractivity contribution in [1.82, 2.24) is 0 Å². The number of esters is 1. The Morgan fingerprint density at radius 1 is 1.11 bits per heavy atom. The van der Waals surface area contributed by atoms with E-state index >= 15 is 0 Å². The number of carbonyl (C=O) groups excluding carboxylic acids is 2. The Morgan fingerprint density at radius 2 is 1.68 bits per heavy atom. The number of Topliss-reactive ketones (excluding diaryl/α,β-unsaturated/α-hetero) is 1. The van der Waals surface area contributed by atoms with E-state index in [1.54, 1.807) is 0 Å². The van der Waals surface area contributed by atoms with Crippen molar-refractivity contribution in [2.75, 3.05) is 6.61 Å². The molecular weight excluding hydrogens is 256 g/mol. The lowest BCUT2D eigenvalue weighted by Crippen LogP contribution is -2.02. The van der Waals surface area contributed by atoms with Gasteiger partial charge in [-0.15, -0.1) is 0 Å². The van der Waals surface area contributed by atoms with Crippen molar-refractivity contribution in [3.8, 4) is 0 Å². The summed E-state index contributed by atoms with van der Waals surface area (Å²) < 4.78 is 4.62. The summed E-state index contributed by atoms with van der Waals surface area (Å²) in [6.45, 7) is 4.73. The van der Waals surface area contributed by atoms with Gasteiger partial charge in [0.2, 0.25) is 0 Å². The molecule has 0 heterocycles. The maximum absolute atomic E-state index is 10.5. The lowest BCUT2D eigenvalue weighted by molar-refractivity contribution is -0.140. The molecule has 2 N–H and O–H groups in total. The van der Waals surface area contributed by atoms with Crippen LogP contribution < -0.4 is 0 Å². The Bertz CT molecular complexity index is 321. The Morgan fingerprint density at radius 3 is 2.00 bits per heavy atom. The van der Waals surface area contributed by atoms with Crippen molar-refractivity contribution in [1.29, 1.82) is 0 Å². The molecule has 0 aliphatic rings. The lowest BCUT2D eigenvalue weighted by atomic mass is 10.2. The zero-order valence-electron chi connectivity index (χ0n) is 10.8. The van der Waals surface area contributed by atoms with Crippen molar-refractivity contribution in [2.45, 2.75) is 32.6 Å². The average molecular weight is 274 g/mol. The molecule has 0 bridgehead atoms. The molecule has 0 radical (unpaired) electrons. The molecule has 7 heteroatoms. The van der Waals surface area contributed by atoms with E-state index in [0.717, 1.165) is 6.08 Å². The first-order valence-corrected chi connectivity index (χ1v) is 5.51. The topological polar surface area (TPSA) is 118 Å². The average Bonchev–Trinajstić information content (AvgIpc) is 2.26. The standard InChI is InChI=1S/C8H12O4.C4H6O3/c1-2-8(11)12-6-4-3-5-7(9)10;1-3(5)2-4(6)7/h2H,1,3-6H2,(H,9,10);2H2,1H3,(H,6,7). The van der Waals surface area contributed by atoms with Crippen molar-refractivity contribution in [3.05, 3.63) is 12.7 Å². The highest BCUT2D eigenvalue weighted by molar-refractivity contribution is 5.93. The Labute approximate surface area is 110 Å². The summed E-state index contributed by atoms with van der Waals surface area (Å²) in [4.78, 5) is 39.9. The highest BCUT2D eigenvalue weighted by Gasteiger charge is 1.98. The maximum Gasteiger partial charge on any atom is 0.330 e. The van der Waals surface area contributed by atoms with Gasteiger partial charge in [0.05, 0.1) is 6.61 Å². The van der Waals surface area contributed by atoms with Crippen LogP contribution in [0.5, 0.6) is 0 Å². The van der Waals surface area contributed by atoms with Crippen LogP contribution in [0.1, 0.15) is 32.6 Å². The van der Waals surface area contributed by atoms with Crippen molar-refractivity contribution in [3.63, 3.8) is 0 Å². The summed E-state index contributed by atoms with van der Waals surface area (Å²) in [6, 6.07) is 0. The number of carboxylic acid groups (broad SMARTS) is 2. The molecule has 0 aromatic carbocycles. The van der Waals surface area contributed by atoms with Gasteiger partial charge in [-0.1, -0.05) is 6.58 Å². The number of unbranched alkanes of at least 4 members (excludes halogenated alkanes) is 1. The van der Waals surface area contributed by atoms with Crippen LogP contribution >= 0.6 is 0 Å². The largest absolute Gasteiger partial charge is 0.481 e. The Balaban J connectivity index is 0. The number of rotatable bonds is 8. The highest BCUT2D eigenvalue weighted by Crippen LogP contribution is 1.95. The minimum Gasteiger partial charge on any atom is -0.481 e. The zero-order valence-corrected chi connectivity index (χ0v) is 10.8. The summed E-state index contributed by atoms with van der Waals surface area (Å²) in [7, 11) is 0. The molecule has 0 atom stereocenters. The van der Waals surface area contributed by atoms with E-state index < -0.39 is 17.9 Å². The summed E-state index contributed by atoms with van der Waals surface area (Å²) in [5.74, 6) is -2.67. The normalized spacial score (nSPS) is 8.68. The van der Waals surface area contributed by atoms with Crippen molar-refractivity contribution in [2.24, 2.45) is 0 Å². The van der Waals surface area contributed by atoms with E-state index in [4.69, 9.17) is 10.2 Å². The van der Waals surface area contributed by atoms with Crippen LogP contribution in [0.2, 0.25) is 0 Å². The van der Waals surface area contributed by atoms with E-state index in [2.05, 4.69) is 11.3 Å². The van der Waals surface area contributed by atoms with Crippen LogP contribution in [0.15, 0.2) is 12.7 Å². The van der Waals surface area contributed by atoms with E-state index in [1.165, 1.54) is 6.92 Å². The molecule has 108 valence electrons. The second-order valence-electron chi connectivity index (χ2n) is 3.49. The van der Waals surface area contributed by atoms with Crippen LogP contribution in [0.25, 0.3) is 0 Å². The maximum atomic E-state index is 10.5. The number of ketones is 1. The predicted molar refractivity (Wildman–Crippen MR) is 65.6 cm³/mol. The number of hydrogen-bond donors (Lipinski definition) is 2. The number of carboxylic acids is 2. The van der Waals surface area contributed by atoms with E-state index in [0.29, 0.717) is 12.8 Å². The summed E-state index contributed by atoms with van der Waals surface area (Å²) in [5.41, 5.74) is 0. The second-order valence-corrected chi connectivity index (χ2v) is 3.49. The molecule has 0 amide bonds. The molecule has 7 nitrogen and oxygen atoms in total. The first-order valence-electron chi connectivity index (χ1n) is 5.51. The third-order valence-corrected chi connectivity index (χ3v) is 1.60. The van der Waals surface area contributed by atoms with Crippen LogP contribution in [0.3, 0.4) is 0 Å². The van der Waals surface area contributed by atoms with Crippen molar-refractivity contribution >= 4 is 23.7 Å². The van der Waals surface area contributed by atoms with Crippen LogP contribution in [-0.2, 0) is 23.9 Å². The van der Waals surface area contributed by atoms with E-state index in [-0.39, 0.29) is 25.2 Å². The Kier molecular flexibility index (Phi) is 12.4. The molecule has 0 saturated carbocycles. The van der Waals surface area contributed by atoms with Crippen LogP contribution in [-0.4, -0.2) is 40.5 Å². The fourth-order valence-corrected chi connectivity index (χ4v) is 0.823. The monoisotopic (exact) mass is 274 g/mol. The van der Waals surface area contributed by atoms with Gasteiger partial charge in [-0.25, -0.2) is 4.79 Å². The quantitative estimate of drug-likeness (QED) is 0.293. The molecule has 0 aromatic rings. The molecule has 0 saturated heterocycles. The molecule has 0 aliphatic carbocycles. The lowest BCUT2D eigenvalue weighted by Gasteiger charge is -1.99. The van der Waals surface area contributed by atoms with Gasteiger partial charge in [0.1, 0.15) is 12.2 Å². The van der Waals surface area contributed by atoms with Gasteiger partial charge in [-0.3, -0.25) is 14.4 Å². The van der Waals surface area contributed by atoms with Crippen LogP contribution in [0, 0.1) is 0 Å². The second kappa shape index (κ2) is 12.3. The Hall–Kier alpha value is -2.18. The number of hydrogen-bond acceptors (Lipinski definition) is 5. The molecule has 19 heavy (non-hydrogen) atoms. The minimum absolute atomic E-state index is 0.117. The molecule has 0 aromatic heterocycles. The minimum atomic E-state index is -1.06. The first kappa shape index (κ1) is 19.2. The molecule has 0 aliphatic heterocycles. The van der Waals surface area contributed by atoms with Gasteiger partial charge in [0.15, 0.2) is 0 Å². The number of ether oxygens (including phenoxy) is 1. The van der Waals surface area contributed by atoms with Crippen molar-refractivity contribution < 1.29 is 34.1 Å². The van der Waals surface area contributed by atoms with Gasteiger partial charge in [0, 0.05) is 12.5 Å². The molecule has 0 spiro atoms. The SMILES string of the molecule is C=CC(=O)OCCCCC(=O)O.CC(=O)CC(=O)O. The van der Waals surface area contributed by atoms with Gasteiger partial charge in [-0.05, 0) is 19.8 Å². The smallest absolute Gasteiger partial charge is 0.330 e. The van der Waals surface area contributed by atoms with E-state index in [9.17, 15) is 19.2 Å². The van der Waals surface area contributed by atoms with Gasteiger partial charge < -0.3 is 14.9 Å². The van der Waals surface area contributed by atoms with Gasteiger partial charge in [0.25, 0.3) is 0 Å². The molecular formula is C12H18O7. The fourth-order valence-electron chi connectivity index (χ4n) is 0.823. The summed E-state index contributed by atoms with van der Waals surface area (Å²) in [5, 5.41) is 16.1. The molecule has 0 fully saturated rings. The first-order chi connectivity index (χ1) is 8.79. The van der Waals surface area contributed by atoms with E-state index in [1.807, 2.05) is 0 Å². The summed E-state index contributed by atoms with van der Waals surface area (Å²) >= 11 is 0. The van der Waals surface area contributed by atoms with Gasteiger partial charge in [-0.2, -0.15) is 0 Å². The number of carbonyl (C=O) groups is 4. The summed E-state index contributed by atoms with van der Waals surface area (Å²) in [6.07, 6.45) is 1.94. The molecule has 0 unspecified atom stereocenters. The molecule has 0 rings (SSSR count). The fraction of sp³-hybridized carbons (Fsp3) is 0.500. The van der Waals surface area contributed by atoms with Gasteiger partial charge >= 0.3 is 17.9 Å². The van der Waals surface area contributed by atoms with Crippen LogP contribution in [0.4, 0.5) is 0 Å². The number of aliphatic carboxylic acids is 2. The third-order valence-electron chi connectivity index (χ3n) is 1.60. The highest BCUT2D eigenvalue weighted by atomic mass is 16.5.